The maximum absolute atomic E-state index is 12.7. The molecule has 0 N–H and O–H groups in total. The summed E-state index contributed by atoms with van der Waals surface area (Å²) in [5.41, 5.74) is 2.07. The summed E-state index contributed by atoms with van der Waals surface area (Å²) in [5, 5.41) is 3.98. The van der Waals surface area contributed by atoms with Crippen LogP contribution in [-0.2, 0) is 17.1 Å². The molecule has 0 bridgehead atoms. The number of rotatable bonds is 8. The predicted molar refractivity (Wildman–Crippen MR) is 106 cm³/mol. The van der Waals surface area contributed by atoms with Gasteiger partial charge in [-0.15, -0.1) is 11.8 Å². The molecule has 0 aliphatic heterocycles. The minimum absolute atomic E-state index is 0.0840. The number of ether oxygens (including phenoxy) is 3. The SMILES string of the molecule is COc1ccc(OC)c(COC(=O)c2ccccc2SCc2cc(C)on2)c1. The lowest BCUT2D eigenvalue weighted by atomic mass is 10.2. The summed E-state index contributed by atoms with van der Waals surface area (Å²) >= 11 is 1.51. The van der Waals surface area contributed by atoms with E-state index in [9.17, 15) is 4.79 Å². The monoisotopic (exact) mass is 399 g/mol. The van der Waals surface area contributed by atoms with Gasteiger partial charge in [0, 0.05) is 22.3 Å². The van der Waals surface area contributed by atoms with Crippen molar-refractivity contribution >= 4 is 17.7 Å². The van der Waals surface area contributed by atoms with E-state index in [2.05, 4.69) is 5.16 Å². The average Bonchev–Trinajstić information content (AvgIpc) is 3.15. The van der Waals surface area contributed by atoms with Gasteiger partial charge in [-0.1, -0.05) is 17.3 Å². The number of aryl methyl sites for hydroxylation is 1. The first-order valence-corrected chi connectivity index (χ1v) is 9.61. The van der Waals surface area contributed by atoms with Gasteiger partial charge in [0.15, 0.2) is 0 Å². The van der Waals surface area contributed by atoms with Gasteiger partial charge in [0.25, 0.3) is 0 Å². The molecule has 0 spiro atoms. The maximum atomic E-state index is 12.7. The summed E-state index contributed by atoms with van der Waals surface area (Å²) < 4.78 is 21.2. The Labute approximate surface area is 167 Å². The molecule has 0 saturated carbocycles. The molecule has 7 heteroatoms. The Balaban J connectivity index is 1.69. The first-order chi connectivity index (χ1) is 13.6. The lowest BCUT2D eigenvalue weighted by Crippen LogP contribution is -2.07. The van der Waals surface area contributed by atoms with Crippen molar-refractivity contribution in [3.8, 4) is 11.5 Å². The van der Waals surface area contributed by atoms with E-state index < -0.39 is 5.97 Å². The molecular weight excluding hydrogens is 378 g/mol. The third-order valence-electron chi connectivity index (χ3n) is 4.01. The van der Waals surface area contributed by atoms with Gasteiger partial charge < -0.3 is 18.7 Å². The molecule has 0 unspecified atom stereocenters. The Hall–Kier alpha value is -2.93. The standard InChI is InChI=1S/C21H21NO5S/c1-14-10-16(22-27-14)13-28-20-7-5-4-6-18(20)21(23)26-12-15-11-17(24-2)8-9-19(15)25-3/h4-11H,12-13H2,1-3H3. The summed E-state index contributed by atoms with van der Waals surface area (Å²) in [6, 6.07) is 14.6. The van der Waals surface area contributed by atoms with Crippen LogP contribution >= 0.6 is 11.8 Å². The Kier molecular flexibility index (Phi) is 6.60. The number of carbonyl (C=O) groups excluding carboxylic acids is 1. The molecule has 0 fully saturated rings. The van der Waals surface area contributed by atoms with Gasteiger partial charge in [-0.25, -0.2) is 4.79 Å². The molecule has 3 aromatic rings. The summed E-state index contributed by atoms with van der Waals surface area (Å²) in [6.45, 7) is 1.93. The number of esters is 1. The zero-order valence-corrected chi connectivity index (χ0v) is 16.7. The number of thioether (sulfide) groups is 1. The second-order valence-electron chi connectivity index (χ2n) is 5.97. The van der Waals surface area contributed by atoms with Crippen molar-refractivity contribution in [2.24, 2.45) is 0 Å². The number of aromatic nitrogens is 1. The van der Waals surface area contributed by atoms with Crippen LogP contribution in [0.15, 0.2) is 57.9 Å². The van der Waals surface area contributed by atoms with Crippen LogP contribution in [0.2, 0.25) is 0 Å². The van der Waals surface area contributed by atoms with E-state index in [1.165, 1.54) is 11.8 Å². The van der Waals surface area contributed by atoms with Crippen molar-refractivity contribution in [3.63, 3.8) is 0 Å². The molecule has 28 heavy (non-hydrogen) atoms. The van der Waals surface area contributed by atoms with Gasteiger partial charge in [-0.3, -0.25) is 0 Å². The fourth-order valence-electron chi connectivity index (χ4n) is 2.61. The molecule has 6 nitrogen and oxygen atoms in total. The number of hydrogen-bond acceptors (Lipinski definition) is 7. The number of hydrogen-bond donors (Lipinski definition) is 0. The van der Waals surface area contributed by atoms with Crippen molar-refractivity contribution in [1.82, 2.24) is 5.16 Å². The van der Waals surface area contributed by atoms with Crippen molar-refractivity contribution < 1.29 is 23.5 Å². The highest BCUT2D eigenvalue weighted by molar-refractivity contribution is 7.98. The highest BCUT2D eigenvalue weighted by atomic mass is 32.2. The Morgan fingerprint density at radius 2 is 1.93 bits per heavy atom. The third-order valence-corrected chi connectivity index (χ3v) is 5.11. The topological polar surface area (TPSA) is 70.8 Å². The van der Waals surface area contributed by atoms with E-state index in [-0.39, 0.29) is 6.61 Å². The van der Waals surface area contributed by atoms with E-state index in [4.69, 9.17) is 18.7 Å². The first kappa shape index (κ1) is 19.8. The number of benzene rings is 2. The molecule has 0 aliphatic carbocycles. The van der Waals surface area contributed by atoms with E-state index in [1.54, 1.807) is 38.5 Å². The van der Waals surface area contributed by atoms with Gasteiger partial charge in [0.05, 0.1) is 25.5 Å². The second kappa shape index (κ2) is 9.32. The van der Waals surface area contributed by atoms with Crippen molar-refractivity contribution in [1.29, 1.82) is 0 Å². The largest absolute Gasteiger partial charge is 0.497 e. The fraction of sp³-hybridized carbons (Fsp3) is 0.238. The van der Waals surface area contributed by atoms with E-state index in [0.717, 1.165) is 21.9 Å². The molecule has 146 valence electrons. The van der Waals surface area contributed by atoms with Crippen LogP contribution in [0.25, 0.3) is 0 Å². The molecule has 0 radical (unpaired) electrons. The Bertz CT molecular complexity index is 953. The third kappa shape index (κ3) is 4.86. The summed E-state index contributed by atoms with van der Waals surface area (Å²) in [5.74, 6) is 2.27. The molecule has 1 heterocycles. The lowest BCUT2D eigenvalue weighted by Gasteiger charge is -2.12. The maximum Gasteiger partial charge on any atom is 0.339 e. The molecule has 3 rings (SSSR count). The summed E-state index contributed by atoms with van der Waals surface area (Å²) in [4.78, 5) is 13.5. The van der Waals surface area contributed by atoms with E-state index in [1.807, 2.05) is 31.2 Å². The van der Waals surface area contributed by atoms with Crippen LogP contribution in [0.4, 0.5) is 0 Å². The molecule has 2 aromatic carbocycles. The van der Waals surface area contributed by atoms with Gasteiger partial charge in [-0.2, -0.15) is 0 Å². The number of nitrogens with zero attached hydrogens (tertiary/aromatic N) is 1. The molecule has 0 aliphatic rings. The molecule has 0 atom stereocenters. The van der Waals surface area contributed by atoms with Gasteiger partial charge in [-0.05, 0) is 37.3 Å². The highest BCUT2D eigenvalue weighted by Crippen LogP contribution is 2.28. The predicted octanol–water partition coefficient (Wildman–Crippen LogP) is 4.65. The zero-order valence-electron chi connectivity index (χ0n) is 15.9. The van der Waals surface area contributed by atoms with Crippen LogP contribution in [0.3, 0.4) is 0 Å². The van der Waals surface area contributed by atoms with Crippen molar-refractivity contribution in [2.45, 2.75) is 24.2 Å². The molecule has 1 aromatic heterocycles. The van der Waals surface area contributed by atoms with Crippen molar-refractivity contribution in [3.05, 3.63) is 71.1 Å². The molecule has 0 amide bonds. The smallest absolute Gasteiger partial charge is 0.339 e. The number of carbonyl (C=O) groups is 1. The first-order valence-electron chi connectivity index (χ1n) is 8.62. The summed E-state index contributed by atoms with van der Waals surface area (Å²) in [7, 11) is 3.16. The van der Waals surface area contributed by atoms with Crippen molar-refractivity contribution in [2.75, 3.05) is 14.2 Å². The van der Waals surface area contributed by atoms with Crippen LogP contribution in [0.5, 0.6) is 11.5 Å². The summed E-state index contributed by atoms with van der Waals surface area (Å²) in [6.07, 6.45) is 0. The fourth-order valence-corrected chi connectivity index (χ4v) is 3.54. The normalized spacial score (nSPS) is 10.5. The quantitative estimate of drug-likeness (QED) is 0.403. The van der Waals surface area contributed by atoms with Gasteiger partial charge in [0.2, 0.25) is 0 Å². The van der Waals surface area contributed by atoms with Gasteiger partial charge in [0.1, 0.15) is 23.9 Å². The van der Waals surface area contributed by atoms with Crippen LogP contribution in [0.1, 0.15) is 27.4 Å². The Morgan fingerprint density at radius 1 is 1.11 bits per heavy atom. The van der Waals surface area contributed by atoms with E-state index >= 15 is 0 Å². The zero-order chi connectivity index (χ0) is 19.9. The van der Waals surface area contributed by atoms with Gasteiger partial charge >= 0.3 is 5.97 Å². The van der Waals surface area contributed by atoms with Crippen LogP contribution in [-0.4, -0.2) is 25.3 Å². The average molecular weight is 399 g/mol. The highest BCUT2D eigenvalue weighted by Gasteiger charge is 2.15. The second-order valence-corrected chi connectivity index (χ2v) is 6.98. The molecular formula is C21H21NO5S. The molecule has 0 saturated heterocycles. The lowest BCUT2D eigenvalue weighted by molar-refractivity contribution is 0.0465. The minimum atomic E-state index is -0.399. The Morgan fingerprint density at radius 3 is 2.64 bits per heavy atom. The minimum Gasteiger partial charge on any atom is -0.497 e. The van der Waals surface area contributed by atoms with Crippen LogP contribution < -0.4 is 9.47 Å². The number of methoxy groups -OCH3 is 2. The van der Waals surface area contributed by atoms with Crippen LogP contribution in [0, 0.1) is 6.92 Å². The van der Waals surface area contributed by atoms with E-state index in [0.29, 0.717) is 22.8 Å².